The Morgan fingerprint density at radius 2 is 1.63 bits per heavy atom. The molecule has 0 amide bonds. The smallest absolute Gasteiger partial charge is 0.400 e. The first-order chi connectivity index (χ1) is 8.73. The molecule has 106 valence electrons. The Labute approximate surface area is 116 Å². The van der Waals surface area contributed by atoms with Gasteiger partial charge in [-0.15, -0.1) is 0 Å². The molecule has 0 aromatic heterocycles. The van der Waals surface area contributed by atoms with E-state index >= 15 is 0 Å². The first kappa shape index (κ1) is 13.7. The van der Waals surface area contributed by atoms with Gasteiger partial charge in [0, 0.05) is 5.92 Å². The molecule has 0 N–H and O–H groups in total. The Morgan fingerprint density at radius 1 is 1.05 bits per heavy atom. The van der Waals surface area contributed by atoms with Gasteiger partial charge < -0.3 is 14.0 Å². The van der Waals surface area contributed by atoms with E-state index in [0.29, 0.717) is 12.0 Å². The normalized spacial score (nSPS) is 40.1. The van der Waals surface area contributed by atoms with E-state index in [4.69, 9.17) is 14.0 Å². The van der Waals surface area contributed by atoms with Crippen LogP contribution in [0.3, 0.4) is 0 Å². The summed E-state index contributed by atoms with van der Waals surface area (Å²) in [5.41, 5.74) is 2.14. The Kier molecular flexibility index (Phi) is 2.94. The first-order valence-electron chi connectivity index (χ1n) is 7.44. The summed E-state index contributed by atoms with van der Waals surface area (Å²) in [6.45, 7) is 12.9. The minimum Gasteiger partial charge on any atom is -0.400 e. The van der Waals surface area contributed by atoms with Gasteiger partial charge in [-0.05, 0) is 58.5 Å². The highest BCUT2D eigenvalue weighted by atomic mass is 16.7. The van der Waals surface area contributed by atoms with Gasteiger partial charge in [-0.1, -0.05) is 6.92 Å². The highest BCUT2D eigenvalue weighted by molar-refractivity contribution is 6.55. The van der Waals surface area contributed by atoms with Gasteiger partial charge >= 0.3 is 7.12 Å². The lowest BCUT2D eigenvalue weighted by molar-refractivity contribution is 0.00578. The van der Waals surface area contributed by atoms with Crippen molar-refractivity contribution in [1.82, 2.24) is 0 Å². The molecule has 0 saturated carbocycles. The van der Waals surface area contributed by atoms with E-state index in [-0.39, 0.29) is 24.4 Å². The van der Waals surface area contributed by atoms with Crippen molar-refractivity contribution in [3.8, 4) is 0 Å². The third-order valence-electron chi connectivity index (χ3n) is 5.55. The zero-order chi connectivity index (χ0) is 14.0. The third kappa shape index (κ3) is 1.91. The number of rotatable bonds is 1. The Hall–Kier alpha value is -0.315. The molecular weight excluding hydrogens is 239 g/mol. The molecule has 2 fully saturated rings. The van der Waals surface area contributed by atoms with Crippen LogP contribution < -0.4 is 0 Å². The molecule has 3 rings (SSSR count). The topological polar surface area (TPSA) is 27.7 Å². The van der Waals surface area contributed by atoms with Crippen LogP contribution >= 0.6 is 0 Å². The first-order valence-corrected chi connectivity index (χ1v) is 7.44. The maximum absolute atomic E-state index is 6.23. The van der Waals surface area contributed by atoms with Gasteiger partial charge in [-0.25, -0.2) is 0 Å². The number of hydrogen-bond acceptors (Lipinski definition) is 3. The molecule has 3 heterocycles. The monoisotopic (exact) mass is 264 g/mol. The van der Waals surface area contributed by atoms with Crippen LogP contribution in [0.5, 0.6) is 0 Å². The number of ether oxygens (including phenoxy) is 1. The lowest BCUT2D eigenvalue weighted by Crippen LogP contribution is -2.41. The average molecular weight is 264 g/mol. The van der Waals surface area contributed by atoms with Crippen LogP contribution in [0.2, 0.25) is 0 Å². The van der Waals surface area contributed by atoms with Crippen molar-refractivity contribution in [1.29, 1.82) is 0 Å². The summed E-state index contributed by atoms with van der Waals surface area (Å²) in [6, 6.07) is 0. The van der Waals surface area contributed by atoms with E-state index in [1.807, 2.05) is 0 Å². The molecular formula is C15H25BO3. The van der Waals surface area contributed by atoms with Crippen molar-refractivity contribution < 1.29 is 14.0 Å². The van der Waals surface area contributed by atoms with Crippen molar-refractivity contribution in [2.45, 2.75) is 77.8 Å². The molecule has 3 aliphatic rings. The largest absolute Gasteiger partial charge is 0.490 e. The molecule has 4 heteroatoms. The zero-order valence-electron chi connectivity index (χ0n) is 12.9. The van der Waals surface area contributed by atoms with Crippen LogP contribution in [-0.4, -0.2) is 30.5 Å². The van der Waals surface area contributed by atoms with Gasteiger partial charge in [-0.3, -0.25) is 0 Å². The predicted octanol–water partition coefficient (Wildman–Crippen LogP) is 3.13. The fourth-order valence-corrected chi connectivity index (χ4v) is 3.46. The Morgan fingerprint density at radius 3 is 2.21 bits per heavy atom. The van der Waals surface area contributed by atoms with Gasteiger partial charge in [0.05, 0.1) is 23.4 Å². The molecule has 3 atom stereocenters. The second-order valence-electron chi connectivity index (χ2n) is 7.26. The van der Waals surface area contributed by atoms with Gasteiger partial charge in [-0.2, -0.15) is 0 Å². The molecule has 0 aromatic rings. The maximum Gasteiger partial charge on any atom is 0.490 e. The zero-order valence-corrected chi connectivity index (χ0v) is 12.9. The summed E-state index contributed by atoms with van der Waals surface area (Å²) < 4.78 is 18.5. The average Bonchev–Trinajstić information content (AvgIpc) is 2.79. The van der Waals surface area contributed by atoms with Crippen LogP contribution in [-0.2, 0) is 14.0 Å². The molecule has 2 bridgehead atoms. The fourth-order valence-electron chi connectivity index (χ4n) is 3.46. The van der Waals surface area contributed by atoms with E-state index in [1.165, 1.54) is 11.0 Å². The summed E-state index contributed by atoms with van der Waals surface area (Å²) in [5.74, 6) is 0.397. The standard InChI is InChI=1S/C15H25BO3/c1-9-11-7-8-12(17-11)10(2)13(9)16-18-14(3,4)15(5,6)19-16/h9,11-12H,7-8H2,1-6H3/t9-,11+,12-/m0/s1. The van der Waals surface area contributed by atoms with Gasteiger partial charge in [0.2, 0.25) is 0 Å². The second-order valence-corrected chi connectivity index (χ2v) is 7.26. The highest BCUT2D eigenvalue weighted by Crippen LogP contribution is 2.46. The molecule has 0 radical (unpaired) electrons. The van der Waals surface area contributed by atoms with Gasteiger partial charge in [0.15, 0.2) is 0 Å². The van der Waals surface area contributed by atoms with Gasteiger partial charge in [0.1, 0.15) is 0 Å². The van der Waals surface area contributed by atoms with Crippen molar-refractivity contribution in [2.24, 2.45) is 5.92 Å². The predicted molar refractivity (Wildman–Crippen MR) is 75.8 cm³/mol. The molecule has 0 aliphatic carbocycles. The van der Waals surface area contributed by atoms with E-state index in [2.05, 4.69) is 41.5 Å². The molecule has 2 saturated heterocycles. The summed E-state index contributed by atoms with van der Waals surface area (Å²) in [7, 11) is -0.202. The van der Waals surface area contributed by atoms with Gasteiger partial charge in [0.25, 0.3) is 0 Å². The van der Waals surface area contributed by atoms with Crippen molar-refractivity contribution in [2.75, 3.05) is 0 Å². The summed E-state index contributed by atoms with van der Waals surface area (Å²) in [6.07, 6.45) is 2.94. The molecule has 0 aromatic carbocycles. The molecule has 3 nitrogen and oxygen atoms in total. The summed E-state index contributed by atoms with van der Waals surface area (Å²) in [5, 5.41) is 0. The lowest BCUT2D eigenvalue weighted by atomic mass is 9.66. The Bertz CT molecular complexity index is 411. The number of fused-ring (bicyclic) bond motifs is 2. The van der Waals surface area contributed by atoms with Crippen LogP contribution in [0.25, 0.3) is 0 Å². The second kappa shape index (κ2) is 4.09. The minimum atomic E-state index is -0.262. The van der Waals surface area contributed by atoms with Crippen LogP contribution in [0.4, 0.5) is 0 Å². The summed E-state index contributed by atoms with van der Waals surface area (Å²) >= 11 is 0. The van der Waals surface area contributed by atoms with E-state index in [1.54, 1.807) is 0 Å². The molecule has 0 spiro atoms. The maximum atomic E-state index is 6.23. The number of hydrogen-bond donors (Lipinski definition) is 0. The quantitative estimate of drug-likeness (QED) is 0.681. The van der Waals surface area contributed by atoms with E-state index in [0.717, 1.165) is 12.8 Å². The van der Waals surface area contributed by atoms with Crippen molar-refractivity contribution in [3.63, 3.8) is 0 Å². The van der Waals surface area contributed by atoms with E-state index in [9.17, 15) is 0 Å². The molecule has 19 heavy (non-hydrogen) atoms. The van der Waals surface area contributed by atoms with Crippen LogP contribution in [0.1, 0.15) is 54.4 Å². The third-order valence-corrected chi connectivity index (χ3v) is 5.55. The lowest BCUT2D eigenvalue weighted by Gasteiger charge is -2.32. The van der Waals surface area contributed by atoms with Crippen LogP contribution in [0, 0.1) is 5.92 Å². The molecule has 0 unspecified atom stereocenters. The fraction of sp³-hybridized carbons (Fsp3) is 0.867. The summed E-state index contributed by atoms with van der Waals surface area (Å²) in [4.78, 5) is 0. The highest BCUT2D eigenvalue weighted by Gasteiger charge is 2.55. The SMILES string of the molecule is CC1=C(B2OC(C)(C)C(C)(C)O2)[C@@H](C)[C@H]2CC[C@@H]1O2. The molecule has 3 aliphatic heterocycles. The minimum absolute atomic E-state index is 0.202. The van der Waals surface area contributed by atoms with E-state index < -0.39 is 0 Å². The van der Waals surface area contributed by atoms with Crippen LogP contribution in [0.15, 0.2) is 11.0 Å². The Balaban J connectivity index is 1.93. The van der Waals surface area contributed by atoms with Crippen molar-refractivity contribution in [3.05, 3.63) is 11.0 Å². The van der Waals surface area contributed by atoms with Crippen molar-refractivity contribution >= 4 is 7.12 Å².